The number of fused-ring (bicyclic) bond motifs is 1. The molecule has 8 heteroatoms. The van der Waals surface area contributed by atoms with Crippen LogP contribution >= 0.6 is 0 Å². The summed E-state index contributed by atoms with van der Waals surface area (Å²) in [6.45, 7) is 1.83. The van der Waals surface area contributed by atoms with Gasteiger partial charge in [-0.1, -0.05) is 24.3 Å². The summed E-state index contributed by atoms with van der Waals surface area (Å²) in [6.07, 6.45) is 1.43. The zero-order valence-corrected chi connectivity index (χ0v) is 18.5. The number of aromatic nitrogens is 1. The first-order valence-electron chi connectivity index (χ1n) is 10.3. The summed E-state index contributed by atoms with van der Waals surface area (Å²) in [4.78, 5) is 44.7. The van der Waals surface area contributed by atoms with Crippen LogP contribution in [0.1, 0.15) is 44.3 Å². The highest BCUT2D eigenvalue weighted by Crippen LogP contribution is 2.37. The predicted octanol–water partition coefficient (Wildman–Crippen LogP) is 3.77. The molecule has 0 radical (unpaired) electrons. The summed E-state index contributed by atoms with van der Waals surface area (Å²) < 4.78 is 10.7. The van der Waals surface area contributed by atoms with Crippen molar-refractivity contribution in [2.75, 3.05) is 19.5 Å². The van der Waals surface area contributed by atoms with E-state index in [-0.39, 0.29) is 12.3 Å². The Morgan fingerprint density at radius 1 is 0.970 bits per heavy atom. The Bertz CT molecular complexity index is 1210. The SMILES string of the molecule is COc1ccc(C(CC(=O)Nc2ncccc2C)N2C(=O)c3ccccc3C2=O)cc1OC. The van der Waals surface area contributed by atoms with Crippen LogP contribution in [0.4, 0.5) is 5.82 Å². The molecule has 0 spiro atoms. The van der Waals surface area contributed by atoms with Gasteiger partial charge in [-0.3, -0.25) is 19.3 Å². The van der Waals surface area contributed by atoms with E-state index in [1.165, 1.54) is 14.2 Å². The lowest BCUT2D eigenvalue weighted by Crippen LogP contribution is -2.36. The van der Waals surface area contributed by atoms with E-state index in [0.717, 1.165) is 10.5 Å². The third-order valence-electron chi connectivity index (χ3n) is 5.58. The Hall–Kier alpha value is -4.20. The molecule has 8 nitrogen and oxygen atoms in total. The molecular weight excluding hydrogens is 422 g/mol. The number of imide groups is 1. The van der Waals surface area contributed by atoms with Gasteiger partial charge in [-0.05, 0) is 48.4 Å². The van der Waals surface area contributed by atoms with Gasteiger partial charge in [0.05, 0.1) is 37.8 Å². The van der Waals surface area contributed by atoms with E-state index < -0.39 is 17.9 Å². The minimum absolute atomic E-state index is 0.156. The summed E-state index contributed by atoms with van der Waals surface area (Å²) in [6, 6.07) is 14.4. The molecule has 4 rings (SSSR count). The van der Waals surface area contributed by atoms with Gasteiger partial charge < -0.3 is 14.8 Å². The minimum atomic E-state index is -0.860. The third-order valence-corrected chi connectivity index (χ3v) is 5.58. The van der Waals surface area contributed by atoms with Crippen LogP contribution in [0.3, 0.4) is 0 Å². The second-order valence-corrected chi connectivity index (χ2v) is 7.58. The van der Waals surface area contributed by atoms with Crippen LogP contribution in [0.15, 0.2) is 60.8 Å². The van der Waals surface area contributed by atoms with Crippen molar-refractivity contribution in [1.29, 1.82) is 0 Å². The average Bonchev–Trinajstić information content (AvgIpc) is 3.08. The van der Waals surface area contributed by atoms with Gasteiger partial charge in [0.15, 0.2) is 11.5 Å². The molecule has 1 unspecified atom stereocenters. The average molecular weight is 445 g/mol. The standard InChI is InChI=1S/C25H23N3O5/c1-15-7-6-12-26-23(15)27-22(29)14-19(16-10-11-20(32-2)21(13-16)33-3)28-24(30)17-8-4-5-9-18(17)25(28)31/h4-13,19H,14H2,1-3H3,(H,26,27,29). The fourth-order valence-corrected chi connectivity index (χ4v) is 3.88. The molecular formula is C25H23N3O5. The summed E-state index contributed by atoms with van der Waals surface area (Å²) in [7, 11) is 3.01. The maximum absolute atomic E-state index is 13.2. The molecule has 33 heavy (non-hydrogen) atoms. The molecule has 0 saturated heterocycles. The van der Waals surface area contributed by atoms with Crippen LogP contribution in [-0.4, -0.2) is 41.8 Å². The van der Waals surface area contributed by atoms with Crippen molar-refractivity contribution in [3.63, 3.8) is 0 Å². The lowest BCUT2D eigenvalue weighted by molar-refractivity contribution is -0.117. The van der Waals surface area contributed by atoms with Crippen molar-refractivity contribution in [3.8, 4) is 11.5 Å². The van der Waals surface area contributed by atoms with Gasteiger partial charge in [-0.25, -0.2) is 4.98 Å². The number of pyridine rings is 1. The fourth-order valence-electron chi connectivity index (χ4n) is 3.88. The first kappa shape index (κ1) is 22.0. The molecule has 2 heterocycles. The number of ether oxygens (including phenoxy) is 2. The van der Waals surface area contributed by atoms with Crippen LogP contribution in [0.2, 0.25) is 0 Å². The van der Waals surface area contributed by atoms with E-state index in [9.17, 15) is 14.4 Å². The number of carbonyl (C=O) groups excluding carboxylic acids is 3. The van der Waals surface area contributed by atoms with Gasteiger partial charge in [0.2, 0.25) is 5.91 Å². The third kappa shape index (κ3) is 4.15. The topological polar surface area (TPSA) is 97.8 Å². The molecule has 3 aromatic rings. The Labute approximate surface area is 191 Å². The number of benzene rings is 2. The maximum Gasteiger partial charge on any atom is 0.262 e. The van der Waals surface area contributed by atoms with Crippen molar-refractivity contribution in [1.82, 2.24) is 9.88 Å². The van der Waals surface area contributed by atoms with Crippen LogP contribution in [-0.2, 0) is 4.79 Å². The number of amides is 3. The lowest BCUT2D eigenvalue weighted by Gasteiger charge is -2.27. The second kappa shape index (κ2) is 9.12. The summed E-state index contributed by atoms with van der Waals surface area (Å²) in [5.74, 6) is 0.0759. The zero-order valence-electron chi connectivity index (χ0n) is 18.5. The number of rotatable bonds is 7. The normalized spacial score (nSPS) is 13.5. The molecule has 2 aromatic carbocycles. The molecule has 0 aliphatic carbocycles. The number of hydrogen-bond acceptors (Lipinski definition) is 6. The van der Waals surface area contributed by atoms with Crippen molar-refractivity contribution >= 4 is 23.5 Å². The number of anilines is 1. The summed E-state index contributed by atoms with van der Waals surface area (Å²) in [5.41, 5.74) is 1.99. The molecule has 0 saturated carbocycles. The van der Waals surface area contributed by atoms with E-state index in [2.05, 4.69) is 10.3 Å². The quantitative estimate of drug-likeness (QED) is 0.556. The Morgan fingerprint density at radius 2 is 1.64 bits per heavy atom. The van der Waals surface area contributed by atoms with E-state index in [1.54, 1.807) is 54.7 Å². The molecule has 1 N–H and O–H groups in total. The van der Waals surface area contributed by atoms with Crippen molar-refractivity contribution in [2.24, 2.45) is 0 Å². The number of methoxy groups -OCH3 is 2. The smallest absolute Gasteiger partial charge is 0.262 e. The molecule has 1 aliphatic rings. The summed E-state index contributed by atoms with van der Waals surface area (Å²) in [5, 5.41) is 2.78. The van der Waals surface area contributed by atoms with Crippen LogP contribution in [0.5, 0.6) is 11.5 Å². The van der Waals surface area contributed by atoms with Crippen molar-refractivity contribution in [2.45, 2.75) is 19.4 Å². The zero-order chi connectivity index (χ0) is 23.5. The highest BCUT2D eigenvalue weighted by Gasteiger charge is 2.41. The maximum atomic E-state index is 13.2. The Kier molecular flexibility index (Phi) is 6.08. The number of nitrogens with zero attached hydrogens (tertiary/aromatic N) is 2. The minimum Gasteiger partial charge on any atom is -0.493 e. The molecule has 168 valence electrons. The number of aryl methyl sites for hydroxylation is 1. The number of hydrogen-bond donors (Lipinski definition) is 1. The van der Waals surface area contributed by atoms with Crippen molar-refractivity contribution in [3.05, 3.63) is 83.0 Å². The van der Waals surface area contributed by atoms with Crippen LogP contribution in [0.25, 0.3) is 0 Å². The molecule has 1 atom stereocenters. The monoisotopic (exact) mass is 445 g/mol. The van der Waals surface area contributed by atoms with E-state index in [4.69, 9.17) is 9.47 Å². The predicted molar refractivity (Wildman–Crippen MR) is 121 cm³/mol. The first-order valence-corrected chi connectivity index (χ1v) is 10.3. The van der Waals surface area contributed by atoms with Gasteiger partial charge >= 0.3 is 0 Å². The molecule has 1 aliphatic heterocycles. The van der Waals surface area contributed by atoms with E-state index >= 15 is 0 Å². The van der Waals surface area contributed by atoms with Crippen molar-refractivity contribution < 1.29 is 23.9 Å². The molecule has 0 fully saturated rings. The number of nitrogens with one attached hydrogen (secondary N) is 1. The fraction of sp³-hybridized carbons (Fsp3) is 0.200. The molecule has 0 bridgehead atoms. The largest absolute Gasteiger partial charge is 0.493 e. The Balaban J connectivity index is 1.72. The first-order chi connectivity index (χ1) is 15.9. The second-order valence-electron chi connectivity index (χ2n) is 7.58. The highest BCUT2D eigenvalue weighted by atomic mass is 16.5. The van der Waals surface area contributed by atoms with Gasteiger partial charge in [-0.15, -0.1) is 0 Å². The lowest BCUT2D eigenvalue weighted by atomic mass is 10.0. The van der Waals surface area contributed by atoms with Gasteiger partial charge in [0.1, 0.15) is 5.82 Å². The summed E-state index contributed by atoms with van der Waals surface area (Å²) >= 11 is 0. The molecule has 3 amide bonds. The molecule has 1 aromatic heterocycles. The van der Waals surface area contributed by atoms with E-state index in [0.29, 0.717) is 34.0 Å². The number of carbonyl (C=O) groups is 3. The van der Waals surface area contributed by atoms with Crippen LogP contribution < -0.4 is 14.8 Å². The van der Waals surface area contributed by atoms with Gasteiger partial charge in [0, 0.05) is 6.20 Å². The van der Waals surface area contributed by atoms with E-state index in [1.807, 2.05) is 13.0 Å². The van der Waals surface area contributed by atoms with Crippen LogP contribution in [0, 0.1) is 6.92 Å². The highest BCUT2D eigenvalue weighted by molar-refractivity contribution is 6.21. The Morgan fingerprint density at radius 3 is 2.24 bits per heavy atom. The van der Waals surface area contributed by atoms with Gasteiger partial charge in [0.25, 0.3) is 11.8 Å². The van der Waals surface area contributed by atoms with Gasteiger partial charge in [-0.2, -0.15) is 0 Å².